The average Bonchev–Trinajstić information content (AvgIpc) is 3.72. The molecule has 1 aliphatic carbocycles. The van der Waals surface area contributed by atoms with Crippen molar-refractivity contribution < 1.29 is 0 Å². The minimum atomic E-state index is -0.471. The maximum atomic E-state index is 5.16. The number of rotatable bonds is 9. The Kier molecular flexibility index (Phi) is 10.1. The third-order valence-corrected chi connectivity index (χ3v) is 13.4. The highest BCUT2D eigenvalue weighted by Crippen LogP contribution is 2.57. The van der Waals surface area contributed by atoms with Crippen molar-refractivity contribution in [2.45, 2.75) is 5.41 Å². The number of aromatic nitrogens is 2. The third kappa shape index (κ3) is 7.08. The Morgan fingerprint density at radius 2 is 0.642 bits per heavy atom. The van der Waals surface area contributed by atoms with E-state index in [1.54, 1.807) is 0 Å². The van der Waals surface area contributed by atoms with E-state index in [-0.39, 0.29) is 0 Å². The van der Waals surface area contributed by atoms with Gasteiger partial charge in [0, 0.05) is 16.7 Å². The van der Waals surface area contributed by atoms with Crippen LogP contribution in [0.1, 0.15) is 22.3 Å². The first-order valence-electron chi connectivity index (χ1n) is 23.0. The zero-order valence-electron chi connectivity index (χ0n) is 36.8. The molecule has 2 nitrogen and oxygen atoms in total. The highest BCUT2D eigenvalue weighted by Gasteiger charge is 2.46. The van der Waals surface area contributed by atoms with Crippen molar-refractivity contribution in [2.75, 3.05) is 0 Å². The molecule has 0 aliphatic heterocycles. The molecule has 10 aromatic carbocycles. The lowest BCUT2D eigenvalue weighted by Gasteiger charge is -2.34. The molecule has 0 N–H and O–H groups in total. The Bertz CT molecular complexity index is 3420. The number of hydrogen-bond donors (Lipinski definition) is 0. The number of nitrogens with zero attached hydrogens (tertiary/aromatic N) is 2. The van der Waals surface area contributed by atoms with Crippen molar-refractivity contribution in [3.63, 3.8) is 0 Å². The van der Waals surface area contributed by atoms with E-state index in [0.717, 1.165) is 50.3 Å². The SMILES string of the molecule is c1ccc(-c2cc(-c3ccc(-c4cc(-c5ccccc5)nc(-c5ccccc5)n4)cc3)c(-c3ccccc3)c(-c3ccc4c(c3)-c3ccccc3C4(c3ccccc3)c3ccccc3)c2)cc1. The average molecular weight is 853 g/mol. The molecule has 0 radical (unpaired) electrons. The molecule has 11 aromatic rings. The van der Waals surface area contributed by atoms with E-state index in [9.17, 15) is 0 Å². The lowest BCUT2D eigenvalue weighted by atomic mass is 9.67. The van der Waals surface area contributed by atoms with Gasteiger partial charge >= 0.3 is 0 Å². The zero-order valence-corrected chi connectivity index (χ0v) is 36.8. The molecule has 0 spiro atoms. The van der Waals surface area contributed by atoms with E-state index in [0.29, 0.717) is 5.82 Å². The van der Waals surface area contributed by atoms with Crippen LogP contribution in [0.5, 0.6) is 0 Å². The van der Waals surface area contributed by atoms with E-state index in [1.807, 2.05) is 24.3 Å². The van der Waals surface area contributed by atoms with Gasteiger partial charge in [0.25, 0.3) is 0 Å². The fourth-order valence-electron chi connectivity index (χ4n) is 10.3. The molecule has 0 bridgehead atoms. The molecule has 12 rings (SSSR count). The van der Waals surface area contributed by atoms with Crippen molar-refractivity contribution >= 4 is 0 Å². The van der Waals surface area contributed by atoms with Crippen LogP contribution in [0.4, 0.5) is 0 Å². The first-order chi connectivity index (χ1) is 33.2. The van der Waals surface area contributed by atoms with Crippen LogP contribution in [0, 0.1) is 0 Å². The summed E-state index contributed by atoms with van der Waals surface area (Å²) in [5, 5.41) is 0. The van der Waals surface area contributed by atoms with Crippen LogP contribution in [-0.4, -0.2) is 9.97 Å². The lowest BCUT2D eigenvalue weighted by molar-refractivity contribution is 0.768. The largest absolute Gasteiger partial charge is 0.228 e. The van der Waals surface area contributed by atoms with Gasteiger partial charge in [-0.25, -0.2) is 9.97 Å². The highest BCUT2D eigenvalue weighted by atomic mass is 14.9. The first-order valence-corrected chi connectivity index (χ1v) is 23.0. The summed E-state index contributed by atoms with van der Waals surface area (Å²) in [5.74, 6) is 0.703. The van der Waals surface area contributed by atoms with Crippen molar-refractivity contribution in [2.24, 2.45) is 0 Å². The Morgan fingerprint density at radius 1 is 0.239 bits per heavy atom. The Balaban J connectivity index is 1.06. The molecule has 0 fully saturated rings. The van der Waals surface area contributed by atoms with Gasteiger partial charge in [0.15, 0.2) is 5.82 Å². The maximum absolute atomic E-state index is 5.16. The Labute approximate surface area is 392 Å². The van der Waals surface area contributed by atoms with Crippen LogP contribution in [0.2, 0.25) is 0 Å². The smallest absolute Gasteiger partial charge is 0.160 e. The van der Waals surface area contributed by atoms with Crippen molar-refractivity contribution in [1.29, 1.82) is 0 Å². The summed E-state index contributed by atoms with van der Waals surface area (Å²) in [6.07, 6.45) is 0. The molecule has 0 unspecified atom stereocenters. The van der Waals surface area contributed by atoms with Crippen LogP contribution < -0.4 is 0 Å². The molecule has 0 saturated heterocycles. The molecule has 0 saturated carbocycles. The van der Waals surface area contributed by atoms with Gasteiger partial charge in [0.05, 0.1) is 16.8 Å². The van der Waals surface area contributed by atoms with Gasteiger partial charge in [-0.1, -0.05) is 243 Å². The molecule has 0 amide bonds. The van der Waals surface area contributed by atoms with Crippen molar-refractivity contribution in [3.05, 3.63) is 289 Å². The molecule has 67 heavy (non-hydrogen) atoms. The predicted octanol–water partition coefficient (Wildman–Crippen LogP) is 16.5. The molecule has 314 valence electrons. The van der Waals surface area contributed by atoms with E-state index < -0.39 is 5.41 Å². The second-order valence-electron chi connectivity index (χ2n) is 17.2. The zero-order chi connectivity index (χ0) is 44.6. The Hall–Kier alpha value is -8.72. The molecule has 0 atom stereocenters. The van der Waals surface area contributed by atoms with E-state index >= 15 is 0 Å². The van der Waals surface area contributed by atoms with Gasteiger partial charge in [-0.05, 0) is 102 Å². The normalized spacial score (nSPS) is 12.3. The summed E-state index contributed by atoms with van der Waals surface area (Å²) in [7, 11) is 0. The monoisotopic (exact) mass is 852 g/mol. The Morgan fingerprint density at radius 3 is 1.22 bits per heavy atom. The van der Waals surface area contributed by atoms with Crippen LogP contribution in [0.25, 0.3) is 89.5 Å². The fraction of sp³-hybridized carbons (Fsp3) is 0.0154. The molecular formula is C65H44N2. The topological polar surface area (TPSA) is 25.8 Å². The van der Waals surface area contributed by atoms with Gasteiger partial charge in [-0.15, -0.1) is 0 Å². The van der Waals surface area contributed by atoms with Gasteiger partial charge < -0.3 is 0 Å². The summed E-state index contributed by atoms with van der Waals surface area (Å²) in [5.41, 5.74) is 21.3. The van der Waals surface area contributed by atoms with Gasteiger partial charge in [-0.2, -0.15) is 0 Å². The van der Waals surface area contributed by atoms with Gasteiger partial charge in [0.1, 0.15) is 0 Å². The molecule has 1 aromatic heterocycles. The summed E-state index contributed by atoms with van der Waals surface area (Å²) in [6.45, 7) is 0. The molecular weight excluding hydrogens is 809 g/mol. The minimum absolute atomic E-state index is 0.471. The minimum Gasteiger partial charge on any atom is -0.228 e. The van der Waals surface area contributed by atoms with E-state index in [2.05, 4.69) is 243 Å². The van der Waals surface area contributed by atoms with Gasteiger partial charge in [-0.3, -0.25) is 0 Å². The summed E-state index contributed by atoms with van der Waals surface area (Å²) < 4.78 is 0. The highest BCUT2D eigenvalue weighted by molar-refractivity contribution is 5.99. The number of benzene rings is 10. The van der Waals surface area contributed by atoms with Crippen LogP contribution in [-0.2, 0) is 5.41 Å². The van der Waals surface area contributed by atoms with Crippen LogP contribution >= 0.6 is 0 Å². The second kappa shape index (κ2) is 17.0. The molecule has 1 aliphatic rings. The maximum Gasteiger partial charge on any atom is 0.160 e. The standard InChI is InChI=1S/C65H44N2/c1-7-21-45(22-8-1)52-42-56(46-35-37-48(38-36-46)62-44-61(47-23-9-2-10-24-47)66-64(67-62)50-27-13-4-14-28-50)63(49-25-11-3-12-26-49)57(43-52)51-39-40-60-58(41-51)55-33-19-20-34-59(55)65(60,53-29-15-5-16-30-53)54-31-17-6-18-32-54/h1-44H. The van der Waals surface area contributed by atoms with Crippen molar-refractivity contribution in [3.8, 4) is 89.5 Å². The molecule has 1 heterocycles. The summed E-state index contributed by atoms with van der Waals surface area (Å²) in [4.78, 5) is 10.2. The van der Waals surface area contributed by atoms with Gasteiger partial charge in [0.2, 0.25) is 0 Å². The van der Waals surface area contributed by atoms with E-state index in [1.165, 1.54) is 55.6 Å². The van der Waals surface area contributed by atoms with Crippen molar-refractivity contribution in [1.82, 2.24) is 9.97 Å². The second-order valence-corrected chi connectivity index (χ2v) is 17.2. The van der Waals surface area contributed by atoms with E-state index in [4.69, 9.17) is 9.97 Å². The summed E-state index contributed by atoms with van der Waals surface area (Å²) >= 11 is 0. The summed E-state index contributed by atoms with van der Waals surface area (Å²) in [6, 6.07) is 96.4. The first kappa shape index (κ1) is 39.8. The van der Waals surface area contributed by atoms with Crippen LogP contribution in [0.3, 0.4) is 0 Å². The number of fused-ring (bicyclic) bond motifs is 3. The van der Waals surface area contributed by atoms with Crippen LogP contribution in [0.15, 0.2) is 267 Å². The quantitative estimate of drug-likeness (QED) is 0.145. The lowest BCUT2D eigenvalue weighted by Crippen LogP contribution is -2.28. The molecule has 2 heteroatoms. The third-order valence-electron chi connectivity index (χ3n) is 13.4. The fourth-order valence-corrected chi connectivity index (χ4v) is 10.3. The number of hydrogen-bond acceptors (Lipinski definition) is 2. The predicted molar refractivity (Wildman–Crippen MR) is 277 cm³/mol.